The lowest BCUT2D eigenvalue weighted by atomic mass is 9.79. The molecule has 2 rings (SSSR count). The fraction of sp³-hybridized carbons (Fsp3) is 0.200. The van der Waals surface area contributed by atoms with E-state index < -0.39 is 7.12 Å². The Morgan fingerprint density at radius 2 is 1.63 bits per heavy atom. The van der Waals surface area contributed by atoms with Crippen LogP contribution in [0, 0.1) is 0 Å². The van der Waals surface area contributed by atoms with Crippen molar-refractivity contribution in [2.24, 2.45) is 0 Å². The van der Waals surface area contributed by atoms with Gasteiger partial charge in [0.15, 0.2) is 0 Å². The third-order valence-corrected chi connectivity index (χ3v) is 2.71. The molecule has 0 fully saturated rings. The minimum absolute atomic E-state index is 0.0368. The topological polar surface area (TPSA) is 49.7 Å². The second-order valence-corrected chi connectivity index (χ2v) is 4.70. The summed E-state index contributed by atoms with van der Waals surface area (Å²) in [6.45, 7) is 3.87. The first kappa shape index (κ1) is 13.7. The first-order valence-corrected chi connectivity index (χ1v) is 6.29. The van der Waals surface area contributed by atoms with E-state index in [1.54, 1.807) is 12.1 Å². The van der Waals surface area contributed by atoms with Gasteiger partial charge in [-0.1, -0.05) is 36.4 Å². The standard InChI is InChI=1S/C15H17BO3/c1-11(2)19-15-9-13(8-14(10-15)16(17)18)12-6-4-3-5-7-12/h3-11,17-18H,1-2H3. The van der Waals surface area contributed by atoms with Crippen molar-refractivity contribution in [2.75, 3.05) is 0 Å². The molecule has 0 bridgehead atoms. The highest BCUT2D eigenvalue weighted by molar-refractivity contribution is 6.58. The predicted molar refractivity (Wildman–Crippen MR) is 77.5 cm³/mol. The van der Waals surface area contributed by atoms with E-state index in [-0.39, 0.29) is 6.10 Å². The number of hydrogen-bond donors (Lipinski definition) is 2. The van der Waals surface area contributed by atoms with Crippen molar-refractivity contribution in [3.63, 3.8) is 0 Å². The summed E-state index contributed by atoms with van der Waals surface area (Å²) in [6, 6.07) is 15.1. The fourth-order valence-corrected chi connectivity index (χ4v) is 1.91. The monoisotopic (exact) mass is 256 g/mol. The van der Waals surface area contributed by atoms with Gasteiger partial charge in [-0.3, -0.25) is 0 Å². The van der Waals surface area contributed by atoms with Gasteiger partial charge in [0.05, 0.1) is 6.10 Å². The molecular formula is C15H17BO3. The first-order chi connectivity index (χ1) is 9.06. The van der Waals surface area contributed by atoms with Crippen molar-refractivity contribution in [3.05, 3.63) is 48.5 Å². The Labute approximate surface area is 113 Å². The number of ether oxygens (including phenoxy) is 1. The third-order valence-electron chi connectivity index (χ3n) is 2.71. The Morgan fingerprint density at radius 1 is 0.947 bits per heavy atom. The maximum Gasteiger partial charge on any atom is 0.488 e. The molecule has 0 aliphatic heterocycles. The molecule has 0 saturated carbocycles. The molecule has 0 aromatic heterocycles. The number of benzene rings is 2. The van der Waals surface area contributed by atoms with Crippen LogP contribution < -0.4 is 10.2 Å². The van der Waals surface area contributed by atoms with Crippen molar-refractivity contribution in [1.29, 1.82) is 0 Å². The second-order valence-electron chi connectivity index (χ2n) is 4.70. The second kappa shape index (κ2) is 5.91. The molecular weight excluding hydrogens is 239 g/mol. The van der Waals surface area contributed by atoms with E-state index in [1.807, 2.05) is 50.2 Å². The molecule has 2 N–H and O–H groups in total. The smallest absolute Gasteiger partial charge is 0.488 e. The predicted octanol–water partition coefficient (Wildman–Crippen LogP) is 1.82. The van der Waals surface area contributed by atoms with Crippen LogP contribution in [0.4, 0.5) is 0 Å². The Bertz CT molecular complexity index is 538. The molecule has 0 aliphatic carbocycles. The van der Waals surface area contributed by atoms with E-state index in [9.17, 15) is 10.0 Å². The Kier molecular flexibility index (Phi) is 4.25. The highest BCUT2D eigenvalue weighted by Crippen LogP contribution is 2.23. The van der Waals surface area contributed by atoms with Crippen molar-refractivity contribution in [3.8, 4) is 16.9 Å². The van der Waals surface area contributed by atoms with E-state index in [2.05, 4.69) is 0 Å². The maximum atomic E-state index is 9.35. The molecule has 2 aromatic rings. The highest BCUT2D eigenvalue weighted by Gasteiger charge is 2.14. The van der Waals surface area contributed by atoms with E-state index >= 15 is 0 Å². The van der Waals surface area contributed by atoms with Gasteiger partial charge in [0.1, 0.15) is 5.75 Å². The first-order valence-electron chi connectivity index (χ1n) is 6.29. The zero-order valence-corrected chi connectivity index (χ0v) is 11.1. The van der Waals surface area contributed by atoms with E-state index in [0.717, 1.165) is 11.1 Å². The largest absolute Gasteiger partial charge is 0.491 e. The van der Waals surface area contributed by atoms with Gasteiger partial charge in [-0.05, 0) is 42.6 Å². The van der Waals surface area contributed by atoms with Gasteiger partial charge in [0.25, 0.3) is 0 Å². The molecule has 0 heterocycles. The van der Waals surface area contributed by atoms with Crippen LogP contribution >= 0.6 is 0 Å². The van der Waals surface area contributed by atoms with Gasteiger partial charge in [-0.15, -0.1) is 0 Å². The molecule has 0 aliphatic rings. The normalized spacial score (nSPS) is 10.6. The highest BCUT2D eigenvalue weighted by atomic mass is 16.5. The zero-order valence-electron chi connectivity index (χ0n) is 11.1. The van der Waals surface area contributed by atoms with Crippen LogP contribution in [0.5, 0.6) is 5.75 Å². The van der Waals surface area contributed by atoms with Crippen molar-refractivity contribution >= 4 is 12.6 Å². The quantitative estimate of drug-likeness (QED) is 0.820. The van der Waals surface area contributed by atoms with Crippen LogP contribution in [0.25, 0.3) is 11.1 Å². The van der Waals surface area contributed by atoms with Gasteiger partial charge in [0, 0.05) is 0 Å². The SMILES string of the molecule is CC(C)Oc1cc(B(O)O)cc(-c2ccccc2)c1. The molecule has 0 spiro atoms. The van der Waals surface area contributed by atoms with E-state index in [4.69, 9.17) is 4.74 Å². The molecule has 98 valence electrons. The summed E-state index contributed by atoms with van der Waals surface area (Å²) in [6.07, 6.45) is 0.0368. The Balaban J connectivity index is 2.45. The molecule has 3 nitrogen and oxygen atoms in total. The number of hydrogen-bond acceptors (Lipinski definition) is 3. The minimum atomic E-state index is -1.50. The average molecular weight is 256 g/mol. The van der Waals surface area contributed by atoms with Crippen molar-refractivity contribution < 1.29 is 14.8 Å². The molecule has 2 aromatic carbocycles. The lowest BCUT2D eigenvalue weighted by molar-refractivity contribution is 0.242. The molecule has 0 atom stereocenters. The lowest BCUT2D eigenvalue weighted by Gasteiger charge is -2.13. The molecule has 0 radical (unpaired) electrons. The summed E-state index contributed by atoms with van der Waals surface area (Å²) in [5.74, 6) is 0.638. The molecule has 0 saturated heterocycles. The summed E-state index contributed by atoms with van der Waals surface area (Å²) in [5.41, 5.74) is 2.34. The lowest BCUT2D eigenvalue weighted by Crippen LogP contribution is -2.30. The van der Waals surface area contributed by atoms with Crippen LogP contribution in [0.1, 0.15) is 13.8 Å². The van der Waals surface area contributed by atoms with Gasteiger partial charge in [0.2, 0.25) is 0 Å². The average Bonchev–Trinajstić information content (AvgIpc) is 2.38. The van der Waals surface area contributed by atoms with Gasteiger partial charge >= 0.3 is 7.12 Å². The summed E-state index contributed by atoms with van der Waals surface area (Å²) in [4.78, 5) is 0. The van der Waals surface area contributed by atoms with Crippen LogP contribution in [-0.2, 0) is 0 Å². The van der Waals surface area contributed by atoms with Gasteiger partial charge in [-0.2, -0.15) is 0 Å². The van der Waals surface area contributed by atoms with Gasteiger partial charge < -0.3 is 14.8 Å². The summed E-state index contributed by atoms with van der Waals surface area (Å²) < 4.78 is 5.64. The fourth-order valence-electron chi connectivity index (χ4n) is 1.91. The van der Waals surface area contributed by atoms with E-state index in [1.165, 1.54) is 0 Å². The van der Waals surface area contributed by atoms with Crippen molar-refractivity contribution in [1.82, 2.24) is 0 Å². The summed E-state index contributed by atoms with van der Waals surface area (Å²) >= 11 is 0. The summed E-state index contributed by atoms with van der Waals surface area (Å²) in [7, 11) is -1.50. The number of rotatable bonds is 4. The Morgan fingerprint density at radius 3 is 2.21 bits per heavy atom. The minimum Gasteiger partial charge on any atom is -0.491 e. The molecule has 4 heteroatoms. The van der Waals surface area contributed by atoms with Gasteiger partial charge in [-0.25, -0.2) is 0 Å². The van der Waals surface area contributed by atoms with E-state index in [0.29, 0.717) is 11.2 Å². The third kappa shape index (κ3) is 3.59. The summed E-state index contributed by atoms with van der Waals surface area (Å²) in [5, 5.41) is 18.7. The van der Waals surface area contributed by atoms with Crippen LogP contribution in [0.3, 0.4) is 0 Å². The maximum absolute atomic E-state index is 9.35. The molecule has 0 unspecified atom stereocenters. The van der Waals surface area contributed by atoms with Crippen molar-refractivity contribution in [2.45, 2.75) is 20.0 Å². The molecule has 19 heavy (non-hydrogen) atoms. The zero-order chi connectivity index (χ0) is 13.8. The van der Waals surface area contributed by atoms with Crippen LogP contribution in [-0.4, -0.2) is 23.3 Å². The Hall–Kier alpha value is -1.78. The molecule has 0 amide bonds. The van der Waals surface area contributed by atoms with Crippen LogP contribution in [0.2, 0.25) is 0 Å². The van der Waals surface area contributed by atoms with Crippen LogP contribution in [0.15, 0.2) is 48.5 Å².